The van der Waals surface area contributed by atoms with Gasteiger partial charge in [0.15, 0.2) is 0 Å². The first-order valence-electron chi connectivity index (χ1n) is 7.30. The SMILES string of the molecule is COc1cccc(C(O)CN(C)C(=O)Cc2ccc(Cl)cc2)c1. The second-order valence-corrected chi connectivity index (χ2v) is 5.81. The third-order valence-electron chi connectivity index (χ3n) is 3.62. The lowest BCUT2D eigenvalue weighted by Crippen LogP contribution is -2.32. The van der Waals surface area contributed by atoms with E-state index < -0.39 is 6.10 Å². The van der Waals surface area contributed by atoms with Gasteiger partial charge in [0.05, 0.1) is 26.2 Å². The number of hydrogen-bond donors (Lipinski definition) is 1. The van der Waals surface area contributed by atoms with E-state index in [0.717, 1.165) is 11.1 Å². The molecule has 23 heavy (non-hydrogen) atoms. The zero-order chi connectivity index (χ0) is 16.8. The van der Waals surface area contributed by atoms with E-state index in [4.69, 9.17) is 16.3 Å². The molecule has 0 aromatic heterocycles. The highest BCUT2D eigenvalue weighted by atomic mass is 35.5. The average molecular weight is 334 g/mol. The highest BCUT2D eigenvalue weighted by Crippen LogP contribution is 2.20. The first-order chi connectivity index (χ1) is 11.0. The zero-order valence-corrected chi connectivity index (χ0v) is 14.0. The van der Waals surface area contributed by atoms with Gasteiger partial charge in [0.25, 0.3) is 0 Å². The minimum absolute atomic E-state index is 0.0609. The quantitative estimate of drug-likeness (QED) is 0.883. The molecule has 2 aromatic rings. The van der Waals surface area contributed by atoms with Gasteiger partial charge >= 0.3 is 0 Å². The zero-order valence-electron chi connectivity index (χ0n) is 13.2. The van der Waals surface area contributed by atoms with Crippen LogP contribution in [-0.4, -0.2) is 36.6 Å². The molecule has 1 amide bonds. The lowest BCUT2D eigenvalue weighted by atomic mass is 10.1. The van der Waals surface area contributed by atoms with Crippen molar-refractivity contribution in [1.29, 1.82) is 0 Å². The number of carbonyl (C=O) groups is 1. The van der Waals surface area contributed by atoms with Crippen molar-refractivity contribution >= 4 is 17.5 Å². The summed E-state index contributed by atoms with van der Waals surface area (Å²) >= 11 is 5.83. The normalized spacial score (nSPS) is 11.8. The van der Waals surface area contributed by atoms with Crippen molar-refractivity contribution in [1.82, 2.24) is 4.90 Å². The number of likely N-dealkylation sites (N-methyl/N-ethyl adjacent to an activating group) is 1. The first-order valence-corrected chi connectivity index (χ1v) is 7.68. The summed E-state index contributed by atoms with van der Waals surface area (Å²) in [6.45, 7) is 0.222. The summed E-state index contributed by atoms with van der Waals surface area (Å²) < 4.78 is 5.14. The van der Waals surface area contributed by atoms with Crippen LogP contribution in [0.1, 0.15) is 17.2 Å². The van der Waals surface area contributed by atoms with Gasteiger partial charge in [0.1, 0.15) is 5.75 Å². The van der Waals surface area contributed by atoms with Crippen LogP contribution >= 0.6 is 11.6 Å². The maximum atomic E-state index is 12.2. The maximum Gasteiger partial charge on any atom is 0.226 e. The van der Waals surface area contributed by atoms with E-state index in [9.17, 15) is 9.90 Å². The van der Waals surface area contributed by atoms with E-state index in [1.807, 2.05) is 30.3 Å². The summed E-state index contributed by atoms with van der Waals surface area (Å²) in [5, 5.41) is 10.9. The Morgan fingerprint density at radius 1 is 1.26 bits per heavy atom. The molecule has 0 aliphatic carbocycles. The first kappa shape index (κ1) is 17.3. The predicted molar refractivity (Wildman–Crippen MR) is 90.7 cm³/mol. The maximum absolute atomic E-state index is 12.2. The Bertz CT molecular complexity index is 658. The molecule has 2 rings (SSSR count). The summed E-state index contributed by atoms with van der Waals surface area (Å²) in [7, 11) is 3.26. The minimum atomic E-state index is -0.760. The number of nitrogens with zero attached hydrogens (tertiary/aromatic N) is 1. The number of ether oxygens (including phenoxy) is 1. The Hall–Kier alpha value is -2.04. The topological polar surface area (TPSA) is 49.8 Å². The molecule has 0 spiro atoms. The molecule has 0 aliphatic heterocycles. The number of carbonyl (C=O) groups excluding carboxylic acids is 1. The van der Waals surface area contributed by atoms with Crippen LogP contribution < -0.4 is 4.74 Å². The number of aliphatic hydroxyl groups excluding tert-OH is 1. The third-order valence-corrected chi connectivity index (χ3v) is 3.87. The van der Waals surface area contributed by atoms with Crippen molar-refractivity contribution in [2.75, 3.05) is 20.7 Å². The van der Waals surface area contributed by atoms with Crippen LogP contribution in [0.3, 0.4) is 0 Å². The van der Waals surface area contributed by atoms with E-state index in [2.05, 4.69) is 0 Å². The predicted octanol–water partition coefficient (Wildman–Crippen LogP) is 3.08. The van der Waals surface area contributed by atoms with Crippen LogP contribution in [0.4, 0.5) is 0 Å². The monoisotopic (exact) mass is 333 g/mol. The Kier molecular flexibility index (Phi) is 6.02. The molecular weight excluding hydrogens is 314 g/mol. The van der Waals surface area contributed by atoms with Gasteiger partial charge in [0, 0.05) is 12.1 Å². The standard InChI is InChI=1S/C18H20ClNO3/c1-20(18(22)10-13-6-8-15(19)9-7-13)12-17(21)14-4-3-5-16(11-14)23-2/h3-9,11,17,21H,10,12H2,1-2H3. The van der Waals surface area contributed by atoms with Gasteiger partial charge in [-0.1, -0.05) is 35.9 Å². The Morgan fingerprint density at radius 3 is 2.61 bits per heavy atom. The molecule has 0 fully saturated rings. The molecule has 2 aromatic carbocycles. The van der Waals surface area contributed by atoms with Gasteiger partial charge in [-0.3, -0.25) is 4.79 Å². The average Bonchev–Trinajstić information content (AvgIpc) is 2.56. The molecule has 0 saturated carbocycles. The fraction of sp³-hybridized carbons (Fsp3) is 0.278. The molecule has 122 valence electrons. The molecule has 0 aliphatic rings. The van der Waals surface area contributed by atoms with Crippen LogP contribution in [0.2, 0.25) is 5.02 Å². The summed E-state index contributed by atoms with van der Waals surface area (Å²) in [5.41, 5.74) is 1.61. The fourth-order valence-electron chi connectivity index (χ4n) is 2.23. The lowest BCUT2D eigenvalue weighted by Gasteiger charge is -2.21. The van der Waals surface area contributed by atoms with Crippen LogP contribution in [-0.2, 0) is 11.2 Å². The van der Waals surface area contributed by atoms with Crippen molar-refractivity contribution in [2.45, 2.75) is 12.5 Å². The van der Waals surface area contributed by atoms with Gasteiger partial charge < -0.3 is 14.7 Å². The highest BCUT2D eigenvalue weighted by molar-refractivity contribution is 6.30. The van der Waals surface area contributed by atoms with Gasteiger partial charge in [-0.05, 0) is 35.4 Å². The van der Waals surface area contributed by atoms with Gasteiger partial charge in [-0.25, -0.2) is 0 Å². The van der Waals surface area contributed by atoms with Crippen molar-refractivity contribution in [2.24, 2.45) is 0 Å². The Labute approximate surface area is 141 Å². The largest absolute Gasteiger partial charge is 0.497 e. The number of methoxy groups -OCH3 is 1. The van der Waals surface area contributed by atoms with Gasteiger partial charge in [-0.2, -0.15) is 0 Å². The number of rotatable bonds is 6. The number of amides is 1. The Balaban J connectivity index is 1.95. The van der Waals surface area contributed by atoms with Gasteiger partial charge in [-0.15, -0.1) is 0 Å². The molecular formula is C18H20ClNO3. The molecule has 1 unspecified atom stereocenters. The molecule has 0 saturated heterocycles. The number of aliphatic hydroxyl groups is 1. The fourth-order valence-corrected chi connectivity index (χ4v) is 2.35. The smallest absolute Gasteiger partial charge is 0.226 e. The van der Waals surface area contributed by atoms with Crippen LogP contribution in [0.15, 0.2) is 48.5 Å². The van der Waals surface area contributed by atoms with Crippen molar-refractivity contribution in [3.63, 3.8) is 0 Å². The van der Waals surface area contributed by atoms with E-state index in [1.165, 1.54) is 4.90 Å². The lowest BCUT2D eigenvalue weighted by molar-refractivity contribution is -0.130. The number of hydrogen-bond acceptors (Lipinski definition) is 3. The van der Waals surface area contributed by atoms with E-state index in [1.54, 1.807) is 32.4 Å². The molecule has 0 bridgehead atoms. The van der Waals surface area contributed by atoms with Crippen LogP contribution in [0.25, 0.3) is 0 Å². The number of halogens is 1. The highest BCUT2D eigenvalue weighted by Gasteiger charge is 2.16. The summed E-state index contributed by atoms with van der Waals surface area (Å²) in [5.74, 6) is 0.617. The second-order valence-electron chi connectivity index (χ2n) is 5.37. The Morgan fingerprint density at radius 2 is 1.96 bits per heavy atom. The van der Waals surface area contributed by atoms with Crippen LogP contribution in [0.5, 0.6) is 5.75 Å². The molecule has 0 heterocycles. The third kappa shape index (κ3) is 4.98. The summed E-state index contributed by atoms with van der Waals surface area (Å²) in [4.78, 5) is 13.8. The summed E-state index contributed by atoms with van der Waals surface area (Å²) in [6.07, 6.45) is -0.484. The minimum Gasteiger partial charge on any atom is -0.497 e. The second kappa shape index (κ2) is 7.99. The summed E-state index contributed by atoms with van der Waals surface area (Å²) in [6, 6.07) is 14.4. The van der Waals surface area contributed by atoms with Crippen molar-refractivity contribution < 1.29 is 14.6 Å². The van der Waals surface area contributed by atoms with E-state index >= 15 is 0 Å². The van der Waals surface area contributed by atoms with Crippen molar-refractivity contribution in [3.8, 4) is 5.75 Å². The van der Waals surface area contributed by atoms with E-state index in [-0.39, 0.29) is 18.9 Å². The molecule has 1 N–H and O–H groups in total. The van der Waals surface area contributed by atoms with Crippen LogP contribution in [0, 0.1) is 0 Å². The molecule has 0 radical (unpaired) electrons. The van der Waals surface area contributed by atoms with Crippen molar-refractivity contribution in [3.05, 3.63) is 64.7 Å². The molecule has 1 atom stereocenters. The van der Waals surface area contributed by atoms with E-state index in [0.29, 0.717) is 10.8 Å². The van der Waals surface area contributed by atoms with Gasteiger partial charge in [0.2, 0.25) is 5.91 Å². The molecule has 4 nitrogen and oxygen atoms in total. The molecule has 5 heteroatoms. The number of benzene rings is 2.